The van der Waals surface area contributed by atoms with Crippen LogP contribution in [-0.2, 0) is 0 Å². The average Bonchev–Trinajstić information content (AvgIpc) is 2.88. The summed E-state index contributed by atoms with van der Waals surface area (Å²) in [6, 6.07) is 9.77. The normalized spacial score (nSPS) is 11.2. The van der Waals surface area contributed by atoms with Gasteiger partial charge in [-0.05, 0) is 23.9 Å². The third-order valence-electron chi connectivity index (χ3n) is 2.74. The molecule has 0 saturated carbocycles. The molecule has 0 saturated heterocycles. The van der Waals surface area contributed by atoms with Crippen molar-refractivity contribution in [2.24, 2.45) is 5.10 Å². The lowest BCUT2D eigenvalue weighted by Crippen LogP contribution is -2.09. The standard InChI is InChI=1S/C14H12N4OS/c1-9-3-2-4-10(7-9)8-15-18-14-16-11-5-6-20-12(11)13(19)17-14/h2-8H,1H3,(H2,16,17,18,19)/b15-8+. The summed E-state index contributed by atoms with van der Waals surface area (Å²) in [6.45, 7) is 2.02. The quantitative estimate of drug-likeness (QED) is 0.574. The van der Waals surface area contributed by atoms with Gasteiger partial charge >= 0.3 is 0 Å². The Hall–Kier alpha value is -2.47. The number of nitrogens with one attached hydrogen (secondary N) is 2. The fraction of sp³-hybridized carbons (Fsp3) is 0.0714. The molecule has 100 valence electrons. The number of H-pyrrole nitrogens is 1. The van der Waals surface area contributed by atoms with Crippen molar-refractivity contribution in [1.29, 1.82) is 0 Å². The predicted molar refractivity (Wildman–Crippen MR) is 82.6 cm³/mol. The van der Waals surface area contributed by atoms with Gasteiger partial charge in [0, 0.05) is 0 Å². The minimum atomic E-state index is -0.154. The van der Waals surface area contributed by atoms with Crippen molar-refractivity contribution in [2.45, 2.75) is 6.92 Å². The highest BCUT2D eigenvalue weighted by atomic mass is 32.1. The van der Waals surface area contributed by atoms with Gasteiger partial charge in [-0.1, -0.05) is 29.8 Å². The van der Waals surface area contributed by atoms with Crippen molar-refractivity contribution in [3.8, 4) is 0 Å². The number of fused-ring (bicyclic) bond motifs is 1. The SMILES string of the molecule is Cc1cccc(/C=N/Nc2nc3ccsc3c(=O)[nH]2)c1. The van der Waals surface area contributed by atoms with Crippen LogP contribution in [0.2, 0.25) is 0 Å². The van der Waals surface area contributed by atoms with E-state index >= 15 is 0 Å². The van der Waals surface area contributed by atoms with E-state index in [1.165, 1.54) is 16.9 Å². The Bertz CT molecular complexity index is 834. The molecule has 1 aromatic carbocycles. The zero-order valence-corrected chi connectivity index (χ0v) is 11.6. The Morgan fingerprint density at radius 1 is 1.40 bits per heavy atom. The van der Waals surface area contributed by atoms with Gasteiger partial charge in [0.15, 0.2) is 0 Å². The van der Waals surface area contributed by atoms with E-state index < -0.39 is 0 Å². The molecule has 20 heavy (non-hydrogen) atoms. The van der Waals surface area contributed by atoms with Crippen LogP contribution in [0.25, 0.3) is 10.2 Å². The molecular formula is C14H12N4OS. The number of hydrogen-bond acceptors (Lipinski definition) is 5. The molecule has 3 aromatic rings. The van der Waals surface area contributed by atoms with Crippen LogP contribution in [-0.4, -0.2) is 16.2 Å². The molecule has 5 nitrogen and oxygen atoms in total. The number of aryl methyl sites for hydroxylation is 1. The second-order valence-electron chi connectivity index (χ2n) is 4.33. The molecule has 0 unspecified atom stereocenters. The van der Waals surface area contributed by atoms with Gasteiger partial charge < -0.3 is 0 Å². The molecule has 0 radical (unpaired) electrons. The summed E-state index contributed by atoms with van der Waals surface area (Å²) in [7, 11) is 0. The Morgan fingerprint density at radius 2 is 2.30 bits per heavy atom. The van der Waals surface area contributed by atoms with E-state index in [2.05, 4.69) is 20.5 Å². The fourth-order valence-electron chi connectivity index (χ4n) is 1.84. The van der Waals surface area contributed by atoms with Gasteiger partial charge in [-0.3, -0.25) is 9.78 Å². The first-order valence-electron chi connectivity index (χ1n) is 6.06. The number of hydrazone groups is 1. The van der Waals surface area contributed by atoms with Crippen LogP contribution in [0.3, 0.4) is 0 Å². The summed E-state index contributed by atoms with van der Waals surface area (Å²) in [5.74, 6) is 0.338. The third-order valence-corrected chi connectivity index (χ3v) is 3.64. The Labute approximate surface area is 119 Å². The number of rotatable bonds is 3. The van der Waals surface area contributed by atoms with E-state index in [9.17, 15) is 4.79 Å². The van der Waals surface area contributed by atoms with Gasteiger partial charge in [0.1, 0.15) is 4.70 Å². The second-order valence-corrected chi connectivity index (χ2v) is 5.25. The Kier molecular flexibility index (Phi) is 3.30. The van der Waals surface area contributed by atoms with Crippen molar-refractivity contribution in [3.63, 3.8) is 0 Å². The van der Waals surface area contributed by atoms with Crippen LogP contribution < -0.4 is 11.0 Å². The van der Waals surface area contributed by atoms with Gasteiger partial charge in [-0.15, -0.1) is 11.3 Å². The number of hydrogen-bond donors (Lipinski definition) is 2. The molecule has 0 spiro atoms. The van der Waals surface area contributed by atoms with Crippen molar-refractivity contribution in [3.05, 3.63) is 57.2 Å². The monoisotopic (exact) mass is 284 g/mol. The lowest BCUT2D eigenvalue weighted by atomic mass is 10.2. The smallest absolute Gasteiger partial charge is 0.270 e. The third kappa shape index (κ3) is 2.60. The zero-order chi connectivity index (χ0) is 13.9. The minimum Gasteiger partial charge on any atom is -0.290 e. The van der Waals surface area contributed by atoms with Crippen LogP contribution in [0.5, 0.6) is 0 Å². The lowest BCUT2D eigenvalue weighted by Gasteiger charge is -1.99. The molecular weight excluding hydrogens is 272 g/mol. The minimum absolute atomic E-state index is 0.154. The first kappa shape index (κ1) is 12.6. The predicted octanol–water partition coefficient (Wildman–Crippen LogP) is 2.74. The number of anilines is 1. The molecule has 2 aromatic heterocycles. The maximum atomic E-state index is 11.8. The number of benzene rings is 1. The molecule has 2 N–H and O–H groups in total. The lowest BCUT2D eigenvalue weighted by molar-refractivity contribution is 1.13. The Morgan fingerprint density at radius 3 is 3.15 bits per heavy atom. The Balaban J connectivity index is 1.81. The molecule has 3 rings (SSSR count). The zero-order valence-electron chi connectivity index (χ0n) is 10.8. The number of aromatic nitrogens is 2. The number of nitrogens with zero attached hydrogens (tertiary/aromatic N) is 2. The molecule has 0 aliphatic heterocycles. The van der Waals surface area contributed by atoms with Gasteiger partial charge in [-0.25, -0.2) is 10.4 Å². The molecule has 0 aliphatic carbocycles. The molecule has 0 bridgehead atoms. The molecule has 0 atom stereocenters. The highest BCUT2D eigenvalue weighted by Crippen LogP contribution is 2.14. The summed E-state index contributed by atoms with van der Waals surface area (Å²) in [5.41, 5.74) is 5.41. The average molecular weight is 284 g/mol. The van der Waals surface area contributed by atoms with Gasteiger partial charge in [0.05, 0.1) is 11.7 Å². The van der Waals surface area contributed by atoms with Gasteiger partial charge in [0.2, 0.25) is 5.95 Å². The first-order valence-corrected chi connectivity index (χ1v) is 6.93. The second kappa shape index (κ2) is 5.26. The van der Waals surface area contributed by atoms with Crippen molar-refractivity contribution in [1.82, 2.24) is 9.97 Å². The van der Waals surface area contributed by atoms with Crippen LogP contribution in [0.1, 0.15) is 11.1 Å². The van der Waals surface area contributed by atoms with E-state index in [0.29, 0.717) is 16.2 Å². The number of aromatic amines is 1. The van der Waals surface area contributed by atoms with Crippen molar-refractivity contribution in [2.75, 3.05) is 5.43 Å². The largest absolute Gasteiger partial charge is 0.290 e. The van der Waals surface area contributed by atoms with E-state index in [0.717, 1.165) is 5.56 Å². The van der Waals surface area contributed by atoms with Gasteiger partial charge in [0.25, 0.3) is 5.56 Å². The molecule has 0 aliphatic rings. The van der Waals surface area contributed by atoms with Crippen molar-refractivity contribution >= 4 is 33.7 Å². The topological polar surface area (TPSA) is 70.1 Å². The maximum Gasteiger partial charge on any atom is 0.270 e. The van der Waals surface area contributed by atoms with E-state index in [-0.39, 0.29) is 5.56 Å². The van der Waals surface area contributed by atoms with E-state index in [1.54, 1.807) is 6.21 Å². The van der Waals surface area contributed by atoms with Crippen LogP contribution in [0.4, 0.5) is 5.95 Å². The summed E-state index contributed by atoms with van der Waals surface area (Å²) >= 11 is 1.37. The highest BCUT2D eigenvalue weighted by molar-refractivity contribution is 7.17. The summed E-state index contributed by atoms with van der Waals surface area (Å²) < 4.78 is 0.623. The summed E-state index contributed by atoms with van der Waals surface area (Å²) in [4.78, 5) is 18.7. The van der Waals surface area contributed by atoms with E-state index in [1.807, 2.05) is 42.6 Å². The van der Waals surface area contributed by atoms with E-state index in [4.69, 9.17) is 0 Å². The van der Waals surface area contributed by atoms with Crippen LogP contribution in [0, 0.1) is 6.92 Å². The summed E-state index contributed by atoms with van der Waals surface area (Å²) in [5, 5.41) is 5.92. The molecule has 2 heterocycles. The van der Waals surface area contributed by atoms with Crippen molar-refractivity contribution < 1.29 is 0 Å². The number of thiophene rings is 1. The first-order chi connectivity index (χ1) is 9.72. The highest BCUT2D eigenvalue weighted by Gasteiger charge is 2.03. The fourth-order valence-corrected chi connectivity index (χ4v) is 2.57. The van der Waals surface area contributed by atoms with Gasteiger partial charge in [-0.2, -0.15) is 5.10 Å². The summed E-state index contributed by atoms with van der Waals surface area (Å²) in [6.07, 6.45) is 1.69. The molecule has 6 heteroatoms. The van der Waals surface area contributed by atoms with Crippen LogP contribution in [0.15, 0.2) is 45.6 Å². The molecule has 0 fully saturated rings. The van der Waals surface area contributed by atoms with Crippen LogP contribution >= 0.6 is 11.3 Å². The molecule has 0 amide bonds. The maximum absolute atomic E-state index is 11.8.